The molecule has 0 unspecified atom stereocenters. The molecule has 0 amide bonds. The van der Waals surface area contributed by atoms with E-state index in [9.17, 15) is 0 Å². The summed E-state index contributed by atoms with van der Waals surface area (Å²) in [6, 6.07) is 17.1. The molecule has 0 radical (unpaired) electrons. The van der Waals surface area contributed by atoms with E-state index in [0.717, 1.165) is 17.0 Å². The highest BCUT2D eigenvalue weighted by molar-refractivity contribution is 5.65. The van der Waals surface area contributed by atoms with Crippen molar-refractivity contribution in [1.29, 1.82) is 5.26 Å². The van der Waals surface area contributed by atoms with Gasteiger partial charge in [-0.2, -0.15) is 5.26 Å². The summed E-state index contributed by atoms with van der Waals surface area (Å²) < 4.78 is 11.2. The summed E-state index contributed by atoms with van der Waals surface area (Å²) in [5, 5.41) is 12.1. The zero-order valence-electron chi connectivity index (χ0n) is 12.9. The Labute approximate surface area is 130 Å². The Morgan fingerprint density at radius 1 is 1.14 bits per heavy atom. The number of hydrogen-bond donors (Lipinski definition) is 1. The minimum Gasteiger partial charge on any atom is -0.495 e. The zero-order chi connectivity index (χ0) is 15.9. The number of nitriles is 1. The standard InChI is InChI=1S/C18H18N2O2/c1-13(20-2)18(14-7-5-4-6-8-14)22-16-10-9-15(12-19)17(11-16)21-3/h4-11,20H,1-3H3. The number of methoxy groups -OCH3 is 1. The second-order valence-corrected chi connectivity index (χ2v) is 4.65. The lowest BCUT2D eigenvalue weighted by Gasteiger charge is -2.15. The molecule has 0 atom stereocenters. The van der Waals surface area contributed by atoms with Gasteiger partial charge >= 0.3 is 0 Å². The smallest absolute Gasteiger partial charge is 0.153 e. The molecule has 0 aliphatic carbocycles. The molecule has 0 heterocycles. The van der Waals surface area contributed by atoms with Gasteiger partial charge < -0.3 is 14.8 Å². The average Bonchev–Trinajstić information content (AvgIpc) is 2.59. The molecule has 2 aromatic rings. The first-order chi connectivity index (χ1) is 10.7. The monoisotopic (exact) mass is 294 g/mol. The van der Waals surface area contributed by atoms with Crippen LogP contribution >= 0.6 is 0 Å². The van der Waals surface area contributed by atoms with Gasteiger partial charge in [0.15, 0.2) is 5.76 Å². The van der Waals surface area contributed by atoms with Crippen molar-refractivity contribution >= 4 is 5.76 Å². The van der Waals surface area contributed by atoms with Crippen molar-refractivity contribution in [2.24, 2.45) is 0 Å². The topological polar surface area (TPSA) is 54.3 Å². The largest absolute Gasteiger partial charge is 0.495 e. The van der Waals surface area contributed by atoms with Crippen LogP contribution in [0.4, 0.5) is 0 Å². The predicted molar refractivity (Wildman–Crippen MR) is 86.4 cm³/mol. The summed E-state index contributed by atoms with van der Waals surface area (Å²) >= 11 is 0. The number of nitrogens with one attached hydrogen (secondary N) is 1. The molecule has 4 nitrogen and oxygen atoms in total. The van der Waals surface area contributed by atoms with Crippen molar-refractivity contribution < 1.29 is 9.47 Å². The lowest BCUT2D eigenvalue weighted by atomic mass is 10.1. The highest BCUT2D eigenvalue weighted by atomic mass is 16.5. The Kier molecular flexibility index (Phi) is 5.05. The van der Waals surface area contributed by atoms with E-state index in [1.807, 2.05) is 44.3 Å². The fourth-order valence-electron chi connectivity index (χ4n) is 2.00. The van der Waals surface area contributed by atoms with Gasteiger partial charge in [0, 0.05) is 18.7 Å². The van der Waals surface area contributed by atoms with Gasteiger partial charge in [-0.05, 0) is 19.1 Å². The van der Waals surface area contributed by atoms with E-state index < -0.39 is 0 Å². The highest BCUT2D eigenvalue weighted by Gasteiger charge is 2.10. The van der Waals surface area contributed by atoms with Gasteiger partial charge in [0.2, 0.25) is 0 Å². The number of allylic oxidation sites excluding steroid dienone is 1. The summed E-state index contributed by atoms with van der Waals surface area (Å²) in [6.45, 7) is 1.95. The molecule has 0 aliphatic rings. The average molecular weight is 294 g/mol. The first-order valence-corrected chi connectivity index (χ1v) is 6.89. The molecule has 1 N–H and O–H groups in total. The molecule has 0 saturated carbocycles. The lowest BCUT2D eigenvalue weighted by Crippen LogP contribution is -2.09. The second-order valence-electron chi connectivity index (χ2n) is 4.65. The SMILES string of the molecule is CNC(C)=C(Oc1ccc(C#N)c(OC)c1)c1ccccc1. The van der Waals surface area contributed by atoms with Crippen molar-refractivity contribution in [1.82, 2.24) is 5.32 Å². The van der Waals surface area contributed by atoms with Gasteiger partial charge in [-0.1, -0.05) is 30.3 Å². The van der Waals surface area contributed by atoms with Crippen molar-refractivity contribution in [2.45, 2.75) is 6.92 Å². The van der Waals surface area contributed by atoms with Gasteiger partial charge in [-0.25, -0.2) is 0 Å². The molecular formula is C18H18N2O2. The molecule has 112 valence electrons. The first kappa shape index (κ1) is 15.5. The van der Waals surface area contributed by atoms with Crippen LogP contribution in [0.3, 0.4) is 0 Å². The van der Waals surface area contributed by atoms with Crippen molar-refractivity contribution in [3.8, 4) is 17.6 Å². The van der Waals surface area contributed by atoms with Crippen LogP contribution in [0.2, 0.25) is 0 Å². The van der Waals surface area contributed by atoms with Crippen LogP contribution in [0.25, 0.3) is 5.76 Å². The summed E-state index contributed by atoms with van der Waals surface area (Å²) in [4.78, 5) is 0. The van der Waals surface area contributed by atoms with Crippen molar-refractivity contribution in [2.75, 3.05) is 14.2 Å². The van der Waals surface area contributed by atoms with E-state index in [1.54, 1.807) is 18.2 Å². The minimum absolute atomic E-state index is 0.477. The van der Waals surface area contributed by atoms with Crippen LogP contribution in [0.5, 0.6) is 11.5 Å². The van der Waals surface area contributed by atoms with E-state index in [2.05, 4.69) is 11.4 Å². The summed E-state index contributed by atoms with van der Waals surface area (Å²) in [5.41, 5.74) is 2.36. The van der Waals surface area contributed by atoms with Crippen LogP contribution in [-0.4, -0.2) is 14.2 Å². The third-order valence-corrected chi connectivity index (χ3v) is 3.26. The second kappa shape index (κ2) is 7.19. The molecule has 4 heteroatoms. The van der Waals surface area contributed by atoms with Crippen LogP contribution in [0.1, 0.15) is 18.1 Å². The van der Waals surface area contributed by atoms with Crippen LogP contribution in [0, 0.1) is 11.3 Å². The minimum atomic E-state index is 0.477. The van der Waals surface area contributed by atoms with Gasteiger partial charge in [-0.15, -0.1) is 0 Å². The number of nitrogens with zero attached hydrogens (tertiary/aromatic N) is 1. The van der Waals surface area contributed by atoms with Crippen LogP contribution in [0.15, 0.2) is 54.2 Å². The van der Waals surface area contributed by atoms with Gasteiger partial charge in [0.05, 0.1) is 18.4 Å². The Morgan fingerprint density at radius 3 is 2.45 bits per heavy atom. The van der Waals surface area contributed by atoms with Crippen molar-refractivity contribution in [3.05, 3.63) is 65.4 Å². The summed E-state index contributed by atoms with van der Waals surface area (Å²) in [7, 11) is 3.38. The first-order valence-electron chi connectivity index (χ1n) is 6.89. The van der Waals surface area contributed by atoms with Crippen molar-refractivity contribution in [3.63, 3.8) is 0 Å². The Balaban J connectivity index is 2.39. The highest BCUT2D eigenvalue weighted by Crippen LogP contribution is 2.28. The van der Waals surface area contributed by atoms with Crippen LogP contribution in [-0.2, 0) is 0 Å². The summed E-state index contributed by atoms with van der Waals surface area (Å²) in [6.07, 6.45) is 0. The number of ether oxygens (including phenoxy) is 2. The molecular weight excluding hydrogens is 276 g/mol. The Bertz CT molecular complexity index is 716. The van der Waals surface area contributed by atoms with E-state index in [0.29, 0.717) is 17.1 Å². The molecule has 0 saturated heterocycles. The van der Waals surface area contributed by atoms with E-state index in [1.165, 1.54) is 7.11 Å². The Hall–Kier alpha value is -2.93. The summed E-state index contributed by atoms with van der Waals surface area (Å²) in [5.74, 6) is 1.84. The molecule has 0 aliphatic heterocycles. The number of benzene rings is 2. The molecule has 2 aromatic carbocycles. The van der Waals surface area contributed by atoms with Crippen LogP contribution < -0.4 is 14.8 Å². The van der Waals surface area contributed by atoms with Gasteiger partial charge in [0.1, 0.15) is 17.6 Å². The van der Waals surface area contributed by atoms with Gasteiger partial charge in [0.25, 0.3) is 0 Å². The third-order valence-electron chi connectivity index (χ3n) is 3.26. The number of hydrogen-bond acceptors (Lipinski definition) is 4. The molecule has 0 fully saturated rings. The normalized spacial score (nSPS) is 11.2. The molecule has 0 aromatic heterocycles. The maximum Gasteiger partial charge on any atom is 0.153 e. The van der Waals surface area contributed by atoms with Gasteiger partial charge in [-0.3, -0.25) is 0 Å². The molecule has 2 rings (SSSR count). The zero-order valence-corrected chi connectivity index (χ0v) is 12.9. The maximum absolute atomic E-state index is 9.04. The number of rotatable bonds is 5. The fourth-order valence-corrected chi connectivity index (χ4v) is 2.00. The third kappa shape index (κ3) is 3.39. The fraction of sp³-hybridized carbons (Fsp3) is 0.167. The molecule has 0 bridgehead atoms. The predicted octanol–water partition coefficient (Wildman–Crippen LogP) is 3.55. The quantitative estimate of drug-likeness (QED) is 0.857. The Morgan fingerprint density at radius 2 is 1.86 bits per heavy atom. The lowest BCUT2D eigenvalue weighted by molar-refractivity contribution is 0.409. The molecule has 0 spiro atoms. The maximum atomic E-state index is 9.04. The van der Waals surface area contributed by atoms with E-state index in [4.69, 9.17) is 14.7 Å². The van der Waals surface area contributed by atoms with E-state index >= 15 is 0 Å². The molecule has 22 heavy (non-hydrogen) atoms. The van der Waals surface area contributed by atoms with E-state index in [-0.39, 0.29) is 0 Å².